The first-order valence-corrected chi connectivity index (χ1v) is 4.82. The Labute approximate surface area is 69.8 Å². The molecule has 2 N–H and O–H groups in total. The molecule has 0 bridgehead atoms. The lowest BCUT2D eigenvalue weighted by Crippen LogP contribution is -2.43. The van der Waals surface area contributed by atoms with Crippen LogP contribution in [0, 0.1) is 0 Å². The molecule has 0 aliphatic carbocycles. The van der Waals surface area contributed by atoms with Gasteiger partial charge >= 0.3 is 0 Å². The van der Waals surface area contributed by atoms with Crippen LogP contribution in [-0.2, 0) is 0 Å². The molecule has 2 heteroatoms. The van der Waals surface area contributed by atoms with Gasteiger partial charge in [0.25, 0.3) is 0 Å². The summed E-state index contributed by atoms with van der Waals surface area (Å²) in [6.07, 6.45) is 5.36. The first-order valence-electron chi connectivity index (χ1n) is 4.82. The molecule has 0 aromatic heterocycles. The molecule has 1 fully saturated rings. The molecule has 1 heterocycles. The second-order valence-electron chi connectivity index (χ2n) is 3.39. The predicted molar refractivity (Wildman–Crippen MR) is 48.6 cm³/mol. The number of nitrogens with zero attached hydrogens (tertiary/aromatic N) is 1. The molecule has 1 rings (SSSR count). The number of piperidine rings is 1. The molecule has 0 amide bonds. The van der Waals surface area contributed by atoms with Gasteiger partial charge in [-0.3, -0.25) is 4.90 Å². The zero-order chi connectivity index (χ0) is 8.10. The predicted octanol–water partition coefficient (Wildman–Crippen LogP) is 1.21. The van der Waals surface area contributed by atoms with E-state index in [0.717, 1.165) is 6.54 Å². The maximum Gasteiger partial charge on any atom is 0.0215 e. The highest BCUT2D eigenvalue weighted by atomic mass is 15.2. The van der Waals surface area contributed by atoms with Crippen molar-refractivity contribution in [3.8, 4) is 0 Å². The normalized spacial score (nSPS) is 23.5. The molecule has 2 nitrogen and oxygen atoms in total. The Kier molecular flexibility index (Phi) is 3.87. The van der Waals surface area contributed by atoms with Crippen molar-refractivity contribution in [1.29, 1.82) is 0 Å². The topological polar surface area (TPSA) is 29.3 Å². The average molecular weight is 156 g/mol. The van der Waals surface area contributed by atoms with E-state index in [4.69, 9.17) is 5.73 Å². The highest BCUT2D eigenvalue weighted by Gasteiger charge is 2.16. The molecule has 0 saturated carbocycles. The molecule has 0 aromatic carbocycles. The summed E-state index contributed by atoms with van der Waals surface area (Å²) in [5.74, 6) is 0. The molecule has 1 saturated heterocycles. The van der Waals surface area contributed by atoms with E-state index in [2.05, 4.69) is 11.8 Å². The van der Waals surface area contributed by atoms with Gasteiger partial charge in [0.1, 0.15) is 0 Å². The average Bonchev–Trinajstić information content (AvgIpc) is 2.09. The maximum atomic E-state index is 5.67. The van der Waals surface area contributed by atoms with Crippen LogP contribution in [0.1, 0.15) is 32.6 Å². The minimum Gasteiger partial charge on any atom is -0.329 e. The largest absolute Gasteiger partial charge is 0.329 e. The first-order chi connectivity index (χ1) is 5.38. The highest BCUT2D eigenvalue weighted by Crippen LogP contribution is 2.12. The fourth-order valence-corrected chi connectivity index (χ4v) is 1.86. The van der Waals surface area contributed by atoms with Gasteiger partial charge in [0, 0.05) is 12.6 Å². The maximum absolute atomic E-state index is 5.67. The zero-order valence-corrected chi connectivity index (χ0v) is 7.55. The van der Waals surface area contributed by atoms with Crippen molar-refractivity contribution in [1.82, 2.24) is 4.90 Å². The Balaban J connectivity index is 2.30. The summed E-state index contributed by atoms with van der Waals surface area (Å²) in [6, 6.07) is 0.648. The Morgan fingerprint density at radius 2 is 1.91 bits per heavy atom. The molecule has 1 atom stereocenters. The lowest BCUT2D eigenvalue weighted by atomic mass is 10.1. The van der Waals surface area contributed by atoms with Crippen molar-refractivity contribution in [2.45, 2.75) is 38.6 Å². The van der Waals surface area contributed by atoms with Gasteiger partial charge in [-0.05, 0) is 32.4 Å². The quantitative estimate of drug-likeness (QED) is 0.665. The van der Waals surface area contributed by atoms with E-state index >= 15 is 0 Å². The molecule has 0 unspecified atom stereocenters. The molecule has 0 aromatic rings. The van der Waals surface area contributed by atoms with Crippen LogP contribution in [0.4, 0.5) is 0 Å². The Morgan fingerprint density at radius 3 is 2.36 bits per heavy atom. The molecule has 1 aliphatic rings. The van der Waals surface area contributed by atoms with Crippen LogP contribution >= 0.6 is 0 Å². The highest BCUT2D eigenvalue weighted by molar-refractivity contribution is 4.74. The van der Waals surface area contributed by atoms with Crippen molar-refractivity contribution in [2.75, 3.05) is 19.6 Å². The van der Waals surface area contributed by atoms with Crippen molar-refractivity contribution in [3.05, 3.63) is 0 Å². The number of likely N-dealkylation sites (tertiary alicyclic amines) is 1. The van der Waals surface area contributed by atoms with Crippen LogP contribution in [0.15, 0.2) is 0 Å². The minimum absolute atomic E-state index is 0.648. The summed E-state index contributed by atoms with van der Waals surface area (Å²) < 4.78 is 0. The van der Waals surface area contributed by atoms with Gasteiger partial charge in [-0.2, -0.15) is 0 Å². The van der Waals surface area contributed by atoms with E-state index in [9.17, 15) is 0 Å². The Morgan fingerprint density at radius 1 is 1.27 bits per heavy atom. The summed E-state index contributed by atoms with van der Waals surface area (Å²) in [4.78, 5) is 2.55. The lowest BCUT2D eigenvalue weighted by Gasteiger charge is -2.33. The number of hydrogen-bond acceptors (Lipinski definition) is 2. The van der Waals surface area contributed by atoms with Gasteiger partial charge in [-0.15, -0.1) is 0 Å². The molecule has 66 valence electrons. The van der Waals surface area contributed by atoms with Crippen LogP contribution in [-0.4, -0.2) is 30.6 Å². The van der Waals surface area contributed by atoms with Gasteiger partial charge in [0.05, 0.1) is 0 Å². The molecule has 0 radical (unpaired) electrons. The van der Waals surface area contributed by atoms with E-state index in [1.807, 2.05) is 0 Å². The van der Waals surface area contributed by atoms with Crippen LogP contribution in [0.5, 0.6) is 0 Å². The van der Waals surface area contributed by atoms with E-state index in [0.29, 0.717) is 6.04 Å². The van der Waals surface area contributed by atoms with Crippen LogP contribution in [0.3, 0.4) is 0 Å². The van der Waals surface area contributed by atoms with Gasteiger partial charge < -0.3 is 5.73 Å². The summed E-state index contributed by atoms with van der Waals surface area (Å²) in [6.45, 7) is 5.61. The smallest absolute Gasteiger partial charge is 0.0215 e. The van der Waals surface area contributed by atoms with E-state index in [1.54, 1.807) is 0 Å². The second-order valence-corrected chi connectivity index (χ2v) is 3.39. The van der Waals surface area contributed by atoms with Gasteiger partial charge in [-0.25, -0.2) is 0 Å². The summed E-state index contributed by atoms with van der Waals surface area (Å²) >= 11 is 0. The van der Waals surface area contributed by atoms with E-state index in [1.165, 1.54) is 38.8 Å². The number of rotatable bonds is 3. The fraction of sp³-hybridized carbons (Fsp3) is 1.00. The lowest BCUT2D eigenvalue weighted by molar-refractivity contribution is 0.163. The van der Waals surface area contributed by atoms with Crippen LogP contribution < -0.4 is 5.73 Å². The van der Waals surface area contributed by atoms with Crippen LogP contribution in [0.25, 0.3) is 0 Å². The standard InChI is InChI=1S/C9H20N2/c1-2-9(8-10)11-6-4-3-5-7-11/h9H,2-8,10H2,1H3/t9-/m1/s1. The number of hydrogen-bond donors (Lipinski definition) is 1. The van der Waals surface area contributed by atoms with E-state index in [-0.39, 0.29) is 0 Å². The van der Waals surface area contributed by atoms with Gasteiger partial charge in [-0.1, -0.05) is 13.3 Å². The SMILES string of the molecule is CC[C@H](CN)N1CCCCC1. The van der Waals surface area contributed by atoms with Gasteiger partial charge in [0.2, 0.25) is 0 Å². The monoisotopic (exact) mass is 156 g/mol. The third-order valence-corrected chi connectivity index (χ3v) is 2.65. The van der Waals surface area contributed by atoms with Crippen LogP contribution in [0.2, 0.25) is 0 Å². The third kappa shape index (κ3) is 2.46. The zero-order valence-electron chi connectivity index (χ0n) is 7.55. The summed E-state index contributed by atoms with van der Waals surface area (Å²) in [5, 5.41) is 0. The summed E-state index contributed by atoms with van der Waals surface area (Å²) in [5.41, 5.74) is 5.67. The Bertz CT molecular complexity index is 93.7. The molecule has 0 spiro atoms. The van der Waals surface area contributed by atoms with Crippen molar-refractivity contribution in [3.63, 3.8) is 0 Å². The fourth-order valence-electron chi connectivity index (χ4n) is 1.86. The van der Waals surface area contributed by atoms with Crippen molar-refractivity contribution < 1.29 is 0 Å². The van der Waals surface area contributed by atoms with Crippen molar-refractivity contribution in [2.24, 2.45) is 5.73 Å². The minimum atomic E-state index is 0.648. The third-order valence-electron chi connectivity index (χ3n) is 2.65. The molecular weight excluding hydrogens is 136 g/mol. The molecular formula is C9H20N2. The Hall–Kier alpha value is -0.0800. The molecule has 11 heavy (non-hydrogen) atoms. The van der Waals surface area contributed by atoms with Gasteiger partial charge in [0.15, 0.2) is 0 Å². The second kappa shape index (κ2) is 4.73. The van der Waals surface area contributed by atoms with Crippen molar-refractivity contribution >= 4 is 0 Å². The first kappa shape index (κ1) is 9.01. The number of nitrogens with two attached hydrogens (primary N) is 1. The van der Waals surface area contributed by atoms with E-state index < -0.39 is 0 Å². The molecule has 1 aliphatic heterocycles. The summed E-state index contributed by atoms with van der Waals surface area (Å²) in [7, 11) is 0.